The lowest BCUT2D eigenvalue weighted by Crippen LogP contribution is -2.61. The van der Waals surface area contributed by atoms with Gasteiger partial charge in [0.25, 0.3) is 5.91 Å². The Kier molecular flexibility index (Phi) is 12.6. The lowest BCUT2D eigenvalue weighted by molar-refractivity contribution is -0.142. The van der Waals surface area contributed by atoms with Gasteiger partial charge in [-0.25, -0.2) is 4.79 Å². The molecule has 3 fully saturated rings. The van der Waals surface area contributed by atoms with Crippen LogP contribution in [0, 0.1) is 11.3 Å². The van der Waals surface area contributed by atoms with Crippen LogP contribution in [0.2, 0.25) is 0 Å². The Morgan fingerprint density at radius 2 is 1.65 bits per heavy atom. The zero-order valence-electron chi connectivity index (χ0n) is 26.0. The number of nitrogens with one attached hydrogen (secondary N) is 4. The van der Waals surface area contributed by atoms with Gasteiger partial charge in [0.15, 0.2) is 0 Å². The van der Waals surface area contributed by atoms with Gasteiger partial charge < -0.3 is 31.1 Å². The summed E-state index contributed by atoms with van der Waals surface area (Å²) in [5, 5.41) is 10.9. The molecule has 2 heterocycles. The molecule has 0 unspecified atom stereocenters. The summed E-state index contributed by atoms with van der Waals surface area (Å²) in [7, 11) is 0. The Balaban J connectivity index is 1.66. The standard InChI is InChI=1S/C31H50N6O6/c1-5-16-32-28(41)24(38)19-33-27(40)23-14-11-18-37(23)29(42)26(31(2,3)4)35-30(43)34-22(21-12-7-6-8-13-21)20-36-17-10-9-15-25(36)39/h5,21-23,26H,1,6-20H2,2-4H3,(H,32,41)(H,33,40)(H2,34,35,43)/t22-,23+,26-/m1/s1. The number of urea groups is 1. The molecule has 2 aliphatic heterocycles. The first-order valence-corrected chi connectivity index (χ1v) is 15.8. The van der Waals surface area contributed by atoms with Gasteiger partial charge in [0.2, 0.25) is 23.5 Å². The molecule has 240 valence electrons. The quantitative estimate of drug-likeness (QED) is 0.197. The number of likely N-dealkylation sites (tertiary alicyclic amines) is 2. The van der Waals surface area contributed by atoms with Crippen molar-refractivity contribution in [2.45, 2.75) is 103 Å². The van der Waals surface area contributed by atoms with Crippen LogP contribution in [0.15, 0.2) is 12.7 Å². The average molecular weight is 603 g/mol. The summed E-state index contributed by atoms with van der Waals surface area (Å²) < 4.78 is 0. The minimum absolute atomic E-state index is 0.120. The Bertz CT molecular complexity index is 1050. The molecule has 0 aromatic carbocycles. The maximum atomic E-state index is 13.9. The van der Waals surface area contributed by atoms with Crippen molar-refractivity contribution in [1.82, 2.24) is 31.1 Å². The minimum Gasteiger partial charge on any atom is -0.347 e. The average Bonchev–Trinajstić information content (AvgIpc) is 3.48. The number of carbonyl (C=O) groups excluding carboxylic acids is 6. The highest BCUT2D eigenvalue weighted by molar-refractivity contribution is 6.37. The highest BCUT2D eigenvalue weighted by atomic mass is 16.2. The fourth-order valence-corrected chi connectivity index (χ4v) is 6.23. The lowest BCUT2D eigenvalue weighted by Gasteiger charge is -2.38. The maximum absolute atomic E-state index is 13.9. The van der Waals surface area contributed by atoms with Crippen LogP contribution in [-0.2, 0) is 24.0 Å². The molecule has 0 radical (unpaired) electrons. The van der Waals surface area contributed by atoms with Crippen LogP contribution in [0.3, 0.4) is 0 Å². The molecule has 0 aromatic heterocycles. The number of ketones is 1. The van der Waals surface area contributed by atoms with E-state index in [1.165, 1.54) is 17.4 Å². The first-order chi connectivity index (χ1) is 20.4. The number of hydrogen-bond acceptors (Lipinski definition) is 6. The largest absolute Gasteiger partial charge is 0.347 e. The van der Waals surface area contributed by atoms with Gasteiger partial charge >= 0.3 is 6.03 Å². The van der Waals surface area contributed by atoms with E-state index in [4.69, 9.17) is 0 Å². The predicted octanol–water partition coefficient (Wildman–Crippen LogP) is 1.64. The fraction of sp³-hybridized carbons (Fsp3) is 0.742. The van der Waals surface area contributed by atoms with E-state index < -0.39 is 47.7 Å². The van der Waals surface area contributed by atoms with E-state index in [-0.39, 0.29) is 30.3 Å². The molecular weight excluding hydrogens is 552 g/mol. The lowest BCUT2D eigenvalue weighted by atomic mass is 9.83. The molecule has 0 aromatic rings. The minimum atomic E-state index is -0.921. The predicted molar refractivity (Wildman–Crippen MR) is 162 cm³/mol. The SMILES string of the molecule is C=CCNC(=O)C(=O)CNC(=O)[C@@H]1CCCN1C(=O)[C@@H](NC(=O)N[C@H](CN1CCCCC1=O)C1CCCCC1)C(C)(C)C. The van der Waals surface area contributed by atoms with Crippen LogP contribution in [0.5, 0.6) is 0 Å². The zero-order chi connectivity index (χ0) is 31.6. The molecule has 2 saturated heterocycles. The molecule has 1 saturated carbocycles. The molecule has 6 amide bonds. The highest BCUT2D eigenvalue weighted by Gasteiger charge is 2.42. The molecule has 3 rings (SSSR count). The van der Waals surface area contributed by atoms with E-state index in [9.17, 15) is 28.8 Å². The maximum Gasteiger partial charge on any atom is 0.315 e. The number of nitrogens with zero attached hydrogens (tertiary/aromatic N) is 2. The van der Waals surface area contributed by atoms with E-state index in [0.717, 1.165) is 38.5 Å². The van der Waals surface area contributed by atoms with E-state index in [2.05, 4.69) is 27.8 Å². The van der Waals surface area contributed by atoms with Gasteiger partial charge in [-0.1, -0.05) is 46.1 Å². The molecule has 43 heavy (non-hydrogen) atoms. The molecular formula is C31H50N6O6. The van der Waals surface area contributed by atoms with Gasteiger partial charge in [-0.2, -0.15) is 0 Å². The number of piperidine rings is 1. The second-order valence-electron chi connectivity index (χ2n) is 13.0. The summed E-state index contributed by atoms with van der Waals surface area (Å²) >= 11 is 0. The number of carbonyl (C=O) groups is 6. The summed E-state index contributed by atoms with van der Waals surface area (Å²) in [6, 6.07) is -2.42. The third-order valence-electron chi connectivity index (χ3n) is 8.68. The fourth-order valence-electron chi connectivity index (χ4n) is 6.23. The molecule has 12 nitrogen and oxygen atoms in total. The Hall–Kier alpha value is -3.44. The molecule has 0 spiro atoms. The van der Waals surface area contributed by atoms with Crippen LogP contribution in [-0.4, -0.2) is 96.1 Å². The number of amides is 6. The van der Waals surface area contributed by atoms with Crippen molar-refractivity contribution < 1.29 is 28.8 Å². The normalized spacial score (nSPS) is 21.0. The van der Waals surface area contributed by atoms with Crippen molar-refractivity contribution in [2.75, 3.05) is 32.7 Å². The summed E-state index contributed by atoms with van der Waals surface area (Å²) in [6.45, 7) is 10.2. The second-order valence-corrected chi connectivity index (χ2v) is 13.0. The first-order valence-electron chi connectivity index (χ1n) is 15.8. The molecule has 0 bridgehead atoms. The first kappa shape index (κ1) is 34.1. The van der Waals surface area contributed by atoms with Crippen molar-refractivity contribution in [3.63, 3.8) is 0 Å². The topological polar surface area (TPSA) is 157 Å². The van der Waals surface area contributed by atoms with Gasteiger partial charge in [-0.05, 0) is 49.9 Å². The zero-order valence-corrected chi connectivity index (χ0v) is 26.0. The van der Waals surface area contributed by atoms with Gasteiger partial charge in [0, 0.05) is 32.6 Å². The molecule has 1 aliphatic carbocycles. The molecule has 3 atom stereocenters. The third kappa shape index (κ3) is 9.79. The van der Waals surface area contributed by atoms with E-state index in [0.29, 0.717) is 38.9 Å². The summed E-state index contributed by atoms with van der Waals surface area (Å²) in [5.41, 5.74) is -0.666. The smallest absolute Gasteiger partial charge is 0.315 e. The van der Waals surface area contributed by atoms with Crippen LogP contribution in [0.4, 0.5) is 4.79 Å². The number of Topliss-reactive ketones (excluding diaryl/α,β-unsaturated/α-hetero) is 1. The van der Waals surface area contributed by atoms with Gasteiger partial charge in [-0.15, -0.1) is 6.58 Å². The molecule has 4 N–H and O–H groups in total. The van der Waals surface area contributed by atoms with Gasteiger partial charge in [0.05, 0.1) is 12.6 Å². The highest BCUT2D eigenvalue weighted by Crippen LogP contribution is 2.29. The van der Waals surface area contributed by atoms with E-state index in [1.807, 2.05) is 25.7 Å². The summed E-state index contributed by atoms with van der Waals surface area (Å²) in [5.74, 6) is -2.14. The van der Waals surface area contributed by atoms with Crippen LogP contribution in [0.1, 0.15) is 85.0 Å². The van der Waals surface area contributed by atoms with Crippen LogP contribution in [0.25, 0.3) is 0 Å². The molecule has 12 heteroatoms. The van der Waals surface area contributed by atoms with Gasteiger partial charge in [0.1, 0.15) is 12.1 Å². The summed E-state index contributed by atoms with van der Waals surface area (Å²) in [4.78, 5) is 80.1. The van der Waals surface area contributed by atoms with Crippen molar-refractivity contribution in [1.29, 1.82) is 0 Å². The van der Waals surface area contributed by atoms with E-state index >= 15 is 0 Å². The third-order valence-corrected chi connectivity index (χ3v) is 8.68. The van der Waals surface area contributed by atoms with Crippen LogP contribution >= 0.6 is 0 Å². The van der Waals surface area contributed by atoms with Crippen molar-refractivity contribution in [3.8, 4) is 0 Å². The van der Waals surface area contributed by atoms with Crippen molar-refractivity contribution in [2.24, 2.45) is 11.3 Å². The number of hydrogen-bond donors (Lipinski definition) is 4. The Morgan fingerprint density at radius 3 is 2.30 bits per heavy atom. The van der Waals surface area contributed by atoms with Crippen molar-refractivity contribution in [3.05, 3.63) is 12.7 Å². The number of rotatable bonds is 12. The second kappa shape index (κ2) is 15.9. The van der Waals surface area contributed by atoms with Crippen LogP contribution < -0.4 is 21.3 Å². The Labute approximate surface area is 255 Å². The van der Waals surface area contributed by atoms with Gasteiger partial charge in [-0.3, -0.25) is 24.0 Å². The monoisotopic (exact) mass is 602 g/mol. The molecule has 3 aliphatic rings. The summed E-state index contributed by atoms with van der Waals surface area (Å²) in [6.07, 6.45) is 10.1. The van der Waals surface area contributed by atoms with E-state index in [1.54, 1.807) is 0 Å². The van der Waals surface area contributed by atoms with Crippen molar-refractivity contribution >= 4 is 35.4 Å². The Morgan fingerprint density at radius 1 is 0.930 bits per heavy atom.